The number of hydrogen-bond acceptors (Lipinski definition) is 3. The molecule has 0 heterocycles. The molecule has 0 aliphatic rings. The van der Waals surface area contributed by atoms with Gasteiger partial charge in [0.2, 0.25) is 0 Å². The first-order valence-electron chi connectivity index (χ1n) is 6.41. The molecule has 0 spiro atoms. The fraction of sp³-hybridized carbons (Fsp3) is 0.533. The molecule has 3 heteroatoms. The van der Waals surface area contributed by atoms with Crippen molar-refractivity contribution in [2.45, 2.75) is 33.7 Å². The average Bonchev–Trinajstić information content (AvgIpc) is 2.38. The van der Waals surface area contributed by atoms with Gasteiger partial charge in [0.15, 0.2) is 0 Å². The maximum atomic E-state index is 8.90. The highest BCUT2D eigenvalue weighted by Crippen LogP contribution is 2.19. The van der Waals surface area contributed by atoms with Crippen molar-refractivity contribution in [1.29, 1.82) is 5.26 Å². The van der Waals surface area contributed by atoms with Crippen molar-refractivity contribution in [3.63, 3.8) is 0 Å². The number of nitrogens with one attached hydrogen (secondary N) is 1. The lowest BCUT2D eigenvalue weighted by molar-refractivity contribution is 0.264. The predicted octanol–water partition coefficient (Wildman–Crippen LogP) is 3.11. The van der Waals surface area contributed by atoms with E-state index in [0.29, 0.717) is 6.61 Å². The molecule has 1 aromatic carbocycles. The molecule has 98 valence electrons. The predicted molar refractivity (Wildman–Crippen MR) is 73.3 cm³/mol. The number of nitrogens with zero attached hydrogens (tertiary/aromatic N) is 1. The first kappa shape index (κ1) is 14.5. The third-order valence-electron chi connectivity index (χ3n) is 2.80. The Kier molecular flexibility index (Phi) is 5.67. The van der Waals surface area contributed by atoms with Gasteiger partial charge in [0.25, 0.3) is 0 Å². The van der Waals surface area contributed by atoms with Gasteiger partial charge in [-0.2, -0.15) is 5.26 Å². The largest absolute Gasteiger partial charge is 0.494 e. The lowest BCUT2D eigenvalue weighted by Gasteiger charge is -2.15. The van der Waals surface area contributed by atoms with Crippen molar-refractivity contribution >= 4 is 0 Å². The second-order valence-electron chi connectivity index (χ2n) is 5.02. The van der Waals surface area contributed by atoms with Gasteiger partial charge in [0.05, 0.1) is 18.1 Å². The Balaban J connectivity index is 2.38. The molecule has 0 unspecified atom stereocenters. The van der Waals surface area contributed by atoms with Gasteiger partial charge < -0.3 is 10.1 Å². The zero-order chi connectivity index (χ0) is 13.4. The summed E-state index contributed by atoms with van der Waals surface area (Å²) >= 11 is 0. The maximum Gasteiger partial charge on any atom is 0.119 e. The van der Waals surface area contributed by atoms with Crippen LogP contribution in [0, 0.1) is 16.7 Å². The van der Waals surface area contributed by atoms with E-state index in [1.54, 1.807) is 0 Å². The van der Waals surface area contributed by atoms with Gasteiger partial charge in [-0.3, -0.25) is 0 Å². The van der Waals surface area contributed by atoms with Crippen LogP contribution < -0.4 is 10.1 Å². The minimum absolute atomic E-state index is 0.314. The first-order chi connectivity index (χ1) is 8.57. The summed E-state index contributed by atoms with van der Waals surface area (Å²) in [4.78, 5) is 0. The second kappa shape index (κ2) is 7.03. The van der Waals surface area contributed by atoms with Crippen LogP contribution >= 0.6 is 0 Å². The van der Waals surface area contributed by atoms with Crippen LogP contribution in [0.4, 0.5) is 0 Å². The smallest absolute Gasteiger partial charge is 0.119 e. The van der Waals surface area contributed by atoms with Gasteiger partial charge in [-0.25, -0.2) is 0 Å². The fourth-order valence-electron chi connectivity index (χ4n) is 1.45. The molecule has 0 aliphatic heterocycles. The minimum Gasteiger partial charge on any atom is -0.494 e. The third-order valence-corrected chi connectivity index (χ3v) is 2.80. The maximum absolute atomic E-state index is 8.90. The highest BCUT2D eigenvalue weighted by Gasteiger charge is 2.16. The molecule has 0 aromatic heterocycles. The molecule has 1 aromatic rings. The summed E-state index contributed by atoms with van der Waals surface area (Å²) in [6, 6.07) is 10.4. The standard InChI is InChI=1S/C15H22N2O/c1-4-17-11-13-5-7-14(8-6-13)18-10-9-15(2,3)12-16/h5-8,17H,4,9-11H2,1-3H3. The molecule has 0 aliphatic carbocycles. The summed E-state index contributed by atoms with van der Waals surface area (Å²) in [6.07, 6.45) is 0.739. The zero-order valence-corrected chi connectivity index (χ0v) is 11.5. The number of ether oxygens (including phenoxy) is 1. The zero-order valence-electron chi connectivity index (χ0n) is 11.5. The molecule has 1 N–H and O–H groups in total. The lowest BCUT2D eigenvalue weighted by Crippen LogP contribution is -2.13. The number of benzene rings is 1. The van der Waals surface area contributed by atoms with E-state index in [-0.39, 0.29) is 5.41 Å². The molecule has 0 saturated carbocycles. The highest BCUT2D eigenvalue weighted by atomic mass is 16.5. The Labute approximate surface area is 110 Å². The van der Waals surface area contributed by atoms with E-state index < -0.39 is 0 Å². The minimum atomic E-state index is -0.314. The highest BCUT2D eigenvalue weighted by molar-refractivity contribution is 5.27. The lowest BCUT2D eigenvalue weighted by atomic mass is 9.92. The summed E-state index contributed by atoms with van der Waals surface area (Å²) in [6.45, 7) is 8.38. The van der Waals surface area contributed by atoms with E-state index in [0.717, 1.165) is 25.3 Å². The van der Waals surface area contributed by atoms with E-state index in [4.69, 9.17) is 10.00 Å². The Morgan fingerprint density at radius 3 is 2.50 bits per heavy atom. The van der Waals surface area contributed by atoms with Crippen LogP contribution in [-0.2, 0) is 6.54 Å². The van der Waals surface area contributed by atoms with Crippen LogP contribution in [0.15, 0.2) is 24.3 Å². The van der Waals surface area contributed by atoms with Crippen LogP contribution in [-0.4, -0.2) is 13.2 Å². The normalized spacial score (nSPS) is 11.0. The van der Waals surface area contributed by atoms with E-state index in [1.807, 2.05) is 26.0 Å². The molecular weight excluding hydrogens is 224 g/mol. The molecular formula is C15H22N2O. The summed E-state index contributed by atoms with van der Waals surface area (Å²) in [5.41, 5.74) is 0.937. The van der Waals surface area contributed by atoms with Gasteiger partial charge in [0.1, 0.15) is 5.75 Å². The Morgan fingerprint density at radius 2 is 1.94 bits per heavy atom. The van der Waals surface area contributed by atoms with E-state index >= 15 is 0 Å². The van der Waals surface area contributed by atoms with Gasteiger partial charge in [-0.1, -0.05) is 19.1 Å². The van der Waals surface area contributed by atoms with Crippen LogP contribution in [0.25, 0.3) is 0 Å². The second-order valence-corrected chi connectivity index (χ2v) is 5.02. The van der Waals surface area contributed by atoms with Crippen LogP contribution in [0.5, 0.6) is 5.75 Å². The molecule has 0 atom stereocenters. The van der Waals surface area contributed by atoms with Gasteiger partial charge in [-0.05, 0) is 44.5 Å². The van der Waals surface area contributed by atoms with Crippen LogP contribution in [0.2, 0.25) is 0 Å². The molecule has 0 radical (unpaired) electrons. The van der Waals surface area contributed by atoms with Crippen molar-refractivity contribution in [3.05, 3.63) is 29.8 Å². The monoisotopic (exact) mass is 246 g/mol. The Bertz CT molecular complexity index is 390. The van der Waals surface area contributed by atoms with Crippen molar-refractivity contribution in [1.82, 2.24) is 5.32 Å². The quantitative estimate of drug-likeness (QED) is 0.804. The van der Waals surface area contributed by atoms with E-state index in [1.165, 1.54) is 5.56 Å². The summed E-state index contributed by atoms with van der Waals surface area (Å²) in [5.74, 6) is 0.865. The summed E-state index contributed by atoms with van der Waals surface area (Å²) < 4.78 is 5.63. The molecule has 0 amide bonds. The fourth-order valence-corrected chi connectivity index (χ4v) is 1.45. The average molecular weight is 246 g/mol. The number of rotatable bonds is 7. The number of hydrogen-bond donors (Lipinski definition) is 1. The van der Waals surface area contributed by atoms with Crippen molar-refractivity contribution < 1.29 is 4.74 Å². The van der Waals surface area contributed by atoms with Gasteiger partial charge >= 0.3 is 0 Å². The van der Waals surface area contributed by atoms with Crippen LogP contribution in [0.3, 0.4) is 0 Å². The molecule has 18 heavy (non-hydrogen) atoms. The summed E-state index contributed by atoms with van der Waals surface area (Å²) in [5, 5.41) is 12.2. The van der Waals surface area contributed by atoms with E-state index in [9.17, 15) is 0 Å². The Hall–Kier alpha value is -1.53. The van der Waals surface area contributed by atoms with Gasteiger partial charge in [-0.15, -0.1) is 0 Å². The number of nitriles is 1. The van der Waals surface area contributed by atoms with Crippen molar-refractivity contribution in [2.75, 3.05) is 13.2 Å². The SMILES string of the molecule is CCNCc1ccc(OCCC(C)(C)C#N)cc1. The third kappa shape index (κ3) is 5.20. The molecule has 0 bridgehead atoms. The molecule has 1 rings (SSSR count). The van der Waals surface area contributed by atoms with Crippen LogP contribution in [0.1, 0.15) is 32.8 Å². The molecule has 0 fully saturated rings. The summed E-state index contributed by atoms with van der Waals surface area (Å²) in [7, 11) is 0. The first-order valence-corrected chi connectivity index (χ1v) is 6.41. The van der Waals surface area contributed by atoms with Crippen molar-refractivity contribution in [3.8, 4) is 11.8 Å². The Morgan fingerprint density at radius 1 is 1.28 bits per heavy atom. The van der Waals surface area contributed by atoms with E-state index in [2.05, 4.69) is 30.4 Å². The van der Waals surface area contributed by atoms with Gasteiger partial charge in [0, 0.05) is 6.54 Å². The molecule has 3 nitrogen and oxygen atoms in total. The van der Waals surface area contributed by atoms with Crippen molar-refractivity contribution in [2.24, 2.45) is 5.41 Å². The topological polar surface area (TPSA) is 45.0 Å². The molecule has 0 saturated heterocycles.